The van der Waals surface area contributed by atoms with Crippen molar-refractivity contribution in [3.8, 4) is 0 Å². The van der Waals surface area contributed by atoms with Gasteiger partial charge in [-0.15, -0.1) is 0 Å². The minimum Gasteiger partial charge on any atom is -0.470 e. The molecule has 0 rings (SSSR count). The molecule has 15 heavy (non-hydrogen) atoms. The Kier molecular flexibility index (Phi) is 11.7. The van der Waals surface area contributed by atoms with Crippen LogP contribution in [0, 0.1) is 0 Å². The molecule has 0 N–H and O–H groups in total. The predicted octanol–water partition coefficient (Wildman–Crippen LogP) is 5.38. The van der Waals surface area contributed by atoms with Crippen LogP contribution in [-0.4, -0.2) is 10.7 Å². The molecule has 0 saturated carbocycles. The number of rotatable bonds is 6. The highest BCUT2D eigenvalue weighted by molar-refractivity contribution is 9.12. The Bertz CT molecular complexity index is 251. The molecule has 0 unspecified atom stereocenters. The minimum atomic E-state index is 0.823. The van der Waals surface area contributed by atoms with Crippen LogP contribution >= 0.6 is 63.7 Å². The molecule has 0 saturated heterocycles. The lowest BCUT2D eigenvalue weighted by atomic mass is 10.5. The van der Waals surface area contributed by atoms with Gasteiger partial charge in [0.2, 0.25) is 0 Å². The molecular weight excluding hydrogens is 456 g/mol. The summed E-state index contributed by atoms with van der Waals surface area (Å²) in [6.07, 6.45) is 11.0. The molecule has 0 bridgehead atoms. The first kappa shape index (κ1) is 15.7. The van der Waals surface area contributed by atoms with Crippen molar-refractivity contribution in [2.45, 2.75) is 0 Å². The SMILES string of the molecule is BrCC=CC(Br)=COC=C(Br)C=CCBr. The Balaban J connectivity index is 4.04. The van der Waals surface area contributed by atoms with Crippen LogP contribution < -0.4 is 0 Å². The van der Waals surface area contributed by atoms with Crippen molar-refractivity contribution in [1.29, 1.82) is 0 Å². The van der Waals surface area contributed by atoms with E-state index < -0.39 is 0 Å². The van der Waals surface area contributed by atoms with E-state index >= 15 is 0 Å². The zero-order valence-corrected chi connectivity index (χ0v) is 14.1. The number of alkyl halides is 2. The molecule has 0 atom stereocenters. The van der Waals surface area contributed by atoms with Gasteiger partial charge in [0.25, 0.3) is 0 Å². The summed E-state index contributed by atoms with van der Waals surface area (Å²) in [6, 6.07) is 0. The van der Waals surface area contributed by atoms with Gasteiger partial charge in [0.15, 0.2) is 0 Å². The summed E-state index contributed by atoms with van der Waals surface area (Å²) in [5.74, 6) is 0. The van der Waals surface area contributed by atoms with Crippen LogP contribution in [0.3, 0.4) is 0 Å². The summed E-state index contributed by atoms with van der Waals surface area (Å²) >= 11 is 13.3. The molecule has 0 aliphatic carbocycles. The predicted molar refractivity (Wildman–Crippen MR) is 81.0 cm³/mol. The third-order valence-electron chi connectivity index (χ3n) is 1.09. The molecule has 0 radical (unpaired) electrons. The van der Waals surface area contributed by atoms with Gasteiger partial charge >= 0.3 is 0 Å². The second-order valence-corrected chi connectivity index (χ2v) is 5.38. The lowest BCUT2D eigenvalue weighted by Gasteiger charge is -1.93. The third kappa shape index (κ3) is 11.0. The summed E-state index contributed by atoms with van der Waals surface area (Å²) in [5, 5.41) is 1.65. The van der Waals surface area contributed by atoms with E-state index in [0.29, 0.717) is 0 Å². The van der Waals surface area contributed by atoms with Crippen LogP contribution in [0.25, 0.3) is 0 Å². The van der Waals surface area contributed by atoms with E-state index in [1.165, 1.54) is 0 Å². The monoisotopic (exact) mass is 462 g/mol. The molecule has 0 aromatic carbocycles. The number of hydrogen-bond donors (Lipinski definition) is 0. The number of halogens is 4. The zero-order valence-electron chi connectivity index (χ0n) is 7.80. The molecule has 0 aromatic heterocycles. The maximum Gasteiger partial charge on any atom is 0.104 e. The van der Waals surface area contributed by atoms with Crippen molar-refractivity contribution < 1.29 is 4.74 Å². The van der Waals surface area contributed by atoms with Gasteiger partial charge in [-0.25, -0.2) is 0 Å². The highest BCUT2D eigenvalue weighted by Gasteiger charge is 1.85. The molecule has 5 heteroatoms. The van der Waals surface area contributed by atoms with E-state index in [1.807, 2.05) is 24.3 Å². The van der Waals surface area contributed by atoms with Crippen molar-refractivity contribution >= 4 is 63.7 Å². The quantitative estimate of drug-likeness (QED) is 0.291. The van der Waals surface area contributed by atoms with E-state index in [9.17, 15) is 0 Å². The molecule has 0 fully saturated rings. The first-order valence-electron chi connectivity index (χ1n) is 4.02. The van der Waals surface area contributed by atoms with Gasteiger partial charge in [0.1, 0.15) is 12.5 Å². The van der Waals surface area contributed by atoms with Crippen molar-refractivity contribution in [3.05, 3.63) is 45.8 Å². The lowest BCUT2D eigenvalue weighted by molar-refractivity contribution is 0.401. The highest BCUT2D eigenvalue weighted by atomic mass is 79.9. The van der Waals surface area contributed by atoms with Gasteiger partial charge in [0.05, 0.1) is 8.96 Å². The summed E-state index contributed by atoms with van der Waals surface area (Å²) in [5.41, 5.74) is 0. The first-order valence-corrected chi connectivity index (χ1v) is 7.85. The average molecular weight is 466 g/mol. The van der Waals surface area contributed by atoms with Crippen LogP contribution in [0.1, 0.15) is 0 Å². The van der Waals surface area contributed by atoms with E-state index in [2.05, 4.69) is 63.7 Å². The van der Waals surface area contributed by atoms with Gasteiger partial charge in [-0.1, -0.05) is 44.0 Å². The van der Waals surface area contributed by atoms with Crippen LogP contribution in [0.4, 0.5) is 0 Å². The first-order chi connectivity index (χ1) is 7.20. The van der Waals surface area contributed by atoms with E-state index in [-0.39, 0.29) is 0 Å². The summed E-state index contributed by atoms with van der Waals surface area (Å²) in [7, 11) is 0. The van der Waals surface area contributed by atoms with Crippen molar-refractivity contribution in [1.82, 2.24) is 0 Å². The summed E-state index contributed by atoms with van der Waals surface area (Å²) < 4.78 is 6.96. The molecule has 0 amide bonds. The zero-order chi connectivity index (χ0) is 11.5. The van der Waals surface area contributed by atoms with Crippen molar-refractivity contribution in [2.75, 3.05) is 10.7 Å². The Morgan fingerprint density at radius 1 is 0.867 bits per heavy atom. The molecule has 0 heterocycles. The topological polar surface area (TPSA) is 9.23 Å². The maximum absolute atomic E-state index is 5.20. The van der Waals surface area contributed by atoms with E-state index in [0.717, 1.165) is 19.6 Å². The van der Waals surface area contributed by atoms with Crippen molar-refractivity contribution in [2.24, 2.45) is 0 Å². The standard InChI is InChI=1S/C10H10Br4O/c11-5-1-3-9(13)7-15-8-10(14)4-2-6-12/h1-4,7-8H,5-6H2. The summed E-state index contributed by atoms with van der Waals surface area (Å²) in [4.78, 5) is 0. The van der Waals surface area contributed by atoms with Crippen molar-refractivity contribution in [3.63, 3.8) is 0 Å². The fourth-order valence-electron chi connectivity index (χ4n) is 0.557. The van der Waals surface area contributed by atoms with Gasteiger partial charge < -0.3 is 4.74 Å². The van der Waals surface area contributed by atoms with Gasteiger partial charge in [-0.2, -0.15) is 0 Å². The fourth-order valence-corrected chi connectivity index (χ4v) is 1.52. The van der Waals surface area contributed by atoms with Gasteiger partial charge in [0, 0.05) is 10.7 Å². The second-order valence-electron chi connectivity index (χ2n) is 2.25. The Morgan fingerprint density at radius 3 is 1.60 bits per heavy atom. The number of hydrogen-bond acceptors (Lipinski definition) is 1. The molecule has 0 aromatic rings. The molecule has 84 valence electrons. The van der Waals surface area contributed by atoms with Crippen LogP contribution in [0.5, 0.6) is 0 Å². The molecule has 0 aliphatic heterocycles. The number of ether oxygens (including phenoxy) is 1. The molecule has 0 aliphatic rings. The fraction of sp³-hybridized carbons (Fsp3) is 0.200. The largest absolute Gasteiger partial charge is 0.470 e. The molecule has 0 spiro atoms. The Labute approximate surface area is 124 Å². The van der Waals surface area contributed by atoms with E-state index in [4.69, 9.17) is 4.74 Å². The second kappa shape index (κ2) is 11.2. The van der Waals surface area contributed by atoms with E-state index in [1.54, 1.807) is 12.5 Å². The maximum atomic E-state index is 5.20. The van der Waals surface area contributed by atoms with Gasteiger partial charge in [-0.05, 0) is 44.0 Å². The van der Waals surface area contributed by atoms with Gasteiger partial charge in [-0.3, -0.25) is 0 Å². The third-order valence-corrected chi connectivity index (χ3v) is 2.74. The molecule has 1 nitrogen and oxygen atoms in total. The normalized spacial score (nSPS) is 14.1. The lowest BCUT2D eigenvalue weighted by Crippen LogP contribution is -1.72. The van der Waals surface area contributed by atoms with Crippen LogP contribution in [0.2, 0.25) is 0 Å². The van der Waals surface area contributed by atoms with Crippen LogP contribution in [0.15, 0.2) is 45.8 Å². The average Bonchev–Trinajstić information content (AvgIpc) is 2.23. The van der Waals surface area contributed by atoms with Crippen LogP contribution in [-0.2, 0) is 4.74 Å². The molecular formula is C10H10Br4O. The minimum absolute atomic E-state index is 0.823. The smallest absolute Gasteiger partial charge is 0.104 e. The summed E-state index contributed by atoms with van der Waals surface area (Å²) in [6.45, 7) is 0. The Morgan fingerprint density at radius 2 is 1.27 bits per heavy atom. The number of allylic oxidation sites excluding steroid dienone is 6. The Hall–Kier alpha value is 0.680. The highest BCUT2D eigenvalue weighted by Crippen LogP contribution is 2.10.